The fourth-order valence-electron chi connectivity index (χ4n) is 2.22. The molecule has 26 heavy (non-hydrogen) atoms. The van der Waals surface area contributed by atoms with E-state index in [9.17, 15) is 9.59 Å². The van der Waals surface area contributed by atoms with Gasteiger partial charge in [0.2, 0.25) is 0 Å². The molecule has 0 unspecified atom stereocenters. The number of nitrogens with one attached hydrogen (secondary N) is 2. The van der Waals surface area contributed by atoms with E-state index in [0.29, 0.717) is 11.4 Å². The Morgan fingerprint density at radius 1 is 0.577 bits per heavy atom. The summed E-state index contributed by atoms with van der Waals surface area (Å²) in [6.45, 7) is 0. The summed E-state index contributed by atoms with van der Waals surface area (Å²) < 4.78 is 0. The number of rotatable bonds is 4. The van der Waals surface area contributed by atoms with Gasteiger partial charge in [-0.3, -0.25) is 9.59 Å². The molecule has 8 heteroatoms. The molecule has 0 saturated heterocycles. The maximum Gasteiger partial charge on any atom is 1.00 e. The van der Waals surface area contributed by atoms with Crippen LogP contribution in [0.2, 0.25) is 0 Å². The molecule has 0 aromatic heterocycles. The van der Waals surface area contributed by atoms with Crippen LogP contribution in [0.5, 0.6) is 0 Å². The quantitative estimate of drug-likeness (QED) is 0.323. The van der Waals surface area contributed by atoms with Gasteiger partial charge in [0.05, 0.1) is 11.4 Å². The maximum atomic E-state index is 12.5. The molecule has 0 amide bonds. The van der Waals surface area contributed by atoms with Crippen LogP contribution in [0.4, 0.5) is 11.4 Å². The summed E-state index contributed by atoms with van der Waals surface area (Å²) in [5.74, 6) is -0.922. The Balaban J connectivity index is 0.00000169. The van der Waals surface area contributed by atoms with Crippen molar-refractivity contribution in [2.45, 2.75) is 0 Å². The van der Waals surface area contributed by atoms with Crippen molar-refractivity contribution in [1.29, 1.82) is 0 Å². The number of hydrogen-bond acceptors (Lipinski definition) is 6. The first-order chi connectivity index (χ1) is 11.6. The number of benzene rings is 2. The van der Waals surface area contributed by atoms with Crippen molar-refractivity contribution in [2.75, 3.05) is 10.6 Å². The fraction of sp³-hybridized carbons (Fsp3) is 0. The Bertz CT molecular complexity index is 796. The topological polar surface area (TPSA) is 58.2 Å². The van der Waals surface area contributed by atoms with Crippen LogP contribution in [-0.4, -0.2) is 11.6 Å². The third kappa shape index (κ3) is 5.18. The summed E-state index contributed by atoms with van der Waals surface area (Å²) in [6.07, 6.45) is 0. The number of para-hydroxylation sites is 2. The van der Waals surface area contributed by atoms with Gasteiger partial charge in [-0.25, -0.2) is 0 Å². The summed E-state index contributed by atoms with van der Waals surface area (Å²) >= 11 is 10.4. The van der Waals surface area contributed by atoms with E-state index in [4.69, 9.17) is 25.3 Å². The fourth-order valence-corrected chi connectivity index (χ4v) is 2.71. The SMILES string of the molecule is O=C1C([S-])=C(Nc2ccccc2)C(=O)C([S-])=C1Nc1ccccc1.[Na+].[Na+]. The van der Waals surface area contributed by atoms with Crippen molar-refractivity contribution in [2.24, 2.45) is 0 Å². The third-order valence-electron chi connectivity index (χ3n) is 3.41. The van der Waals surface area contributed by atoms with Crippen molar-refractivity contribution in [3.8, 4) is 0 Å². The molecule has 3 rings (SSSR count). The van der Waals surface area contributed by atoms with Crippen LogP contribution < -0.4 is 69.7 Å². The van der Waals surface area contributed by atoms with E-state index in [1.165, 1.54) is 0 Å². The summed E-state index contributed by atoms with van der Waals surface area (Å²) in [5, 5.41) is 5.80. The molecule has 0 saturated carbocycles. The van der Waals surface area contributed by atoms with Gasteiger partial charge in [0.15, 0.2) is 11.6 Å². The maximum absolute atomic E-state index is 12.5. The summed E-state index contributed by atoms with van der Waals surface area (Å²) in [5.41, 5.74) is 1.42. The number of carbonyl (C=O) groups is 2. The molecule has 4 nitrogen and oxygen atoms in total. The average molecular weight is 398 g/mol. The number of ketones is 2. The van der Waals surface area contributed by atoms with E-state index >= 15 is 0 Å². The van der Waals surface area contributed by atoms with Gasteiger partial charge < -0.3 is 35.9 Å². The molecular formula is C18H12N2Na2O2S2. The van der Waals surface area contributed by atoms with E-state index in [-0.39, 0.29) is 80.3 Å². The van der Waals surface area contributed by atoms with Crippen molar-refractivity contribution in [3.63, 3.8) is 0 Å². The Labute approximate surface area is 207 Å². The molecule has 2 N–H and O–H groups in total. The zero-order valence-electron chi connectivity index (χ0n) is 14.4. The Morgan fingerprint density at radius 2 is 0.885 bits per heavy atom. The van der Waals surface area contributed by atoms with Crippen LogP contribution >= 0.6 is 0 Å². The molecule has 2 aromatic rings. The average Bonchev–Trinajstić information content (AvgIpc) is 2.62. The monoisotopic (exact) mass is 398 g/mol. The van der Waals surface area contributed by atoms with Gasteiger partial charge in [-0.1, -0.05) is 46.2 Å². The number of carbonyl (C=O) groups excluding carboxylic acids is 2. The van der Waals surface area contributed by atoms with Gasteiger partial charge in [-0.05, 0) is 24.3 Å². The molecule has 0 aliphatic heterocycles. The number of allylic oxidation sites excluding steroid dienone is 2. The van der Waals surface area contributed by atoms with E-state index < -0.39 is 11.6 Å². The van der Waals surface area contributed by atoms with E-state index in [0.717, 1.165) is 0 Å². The summed E-state index contributed by atoms with van der Waals surface area (Å²) in [6, 6.07) is 18.1. The minimum Gasteiger partial charge on any atom is -0.774 e. The zero-order valence-corrected chi connectivity index (χ0v) is 20.0. The second-order valence-corrected chi connectivity index (χ2v) is 5.87. The zero-order chi connectivity index (χ0) is 17.1. The first kappa shape index (κ1) is 23.3. The van der Waals surface area contributed by atoms with E-state index in [2.05, 4.69) is 10.6 Å². The second-order valence-electron chi connectivity index (χ2n) is 5.05. The number of hydrogen-bond donors (Lipinski definition) is 2. The predicted molar refractivity (Wildman–Crippen MR) is 98.9 cm³/mol. The molecule has 120 valence electrons. The van der Waals surface area contributed by atoms with Crippen LogP contribution in [0.15, 0.2) is 81.9 Å². The van der Waals surface area contributed by atoms with Crippen LogP contribution in [0.3, 0.4) is 0 Å². The smallest absolute Gasteiger partial charge is 0.774 e. The number of Topliss-reactive ketones (excluding diaryl/α,β-unsaturated/α-hetero) is 2. The van der Waals surface area contributed by atoms with Crippen molar-refractivity contribution in [1.82, 2.24) is 0 Å². The summed E-state index contributed by atoms with van der Waals surface area (Å²) in [4.78, 5) is 24.9. The van der Waals surface area contributed by atoms with Gasteiger partial charge in [-0.2, -0.15) is 0 Å². The van der Waals surface area contributed by atoms with Gasteiger partial charge in [0, 0.05) is 11.4 Å². The normalized spacial score (nSPS) is 13.7. The summed E-state index contributed by atoms with van der Waals surface area (Å²) in [7, 11) is 0. The van der Waals surface area contributed by atoms with E-state index in [1.54, 1.807) is 24.3 Å². The van der Waals surface area contributed by atoms with Crippen LogP contribution in [0.1, 0.15) is 0 Å². The van der Waals surface area contributed by atoms with Crippen molar-refractivity contribution >= 4 is 48.2 Å². The molecule has 0 atom stereocenters. The first-order valence-electron chi connectivity index (χ1n) is 7.14. The van der Waals surface area contributed by atoms with Crippen molar-refractivity contribution < 1.29 is 68.7 Å². The second kappa shape index (κ2) is 10.6. The van der Waals surface area contributed by atoms with E-state index in [1.807, 2.05) is 36.4 Å². The molecule has 0 bridgehead atoms. The minimum atomic E-state index is -0.461. The van der Waals surface area contributed by atoms with Gasteiger partial charge in [0.1, 0.15) is 0 Å². The Morgan fingerprint density at radius 3 is 1.19 bits per heavy atom. The molecule has 0 spiro atoms. The number of anilines is 2. The minimum absolute atomic E-state index is 0. The Hall–Kier alpha value is -0.700. The molecule has 1 aliphatic rings. The third-order valence-corrected chi connectivity index (χ3v) is 4.19. The molecule has 2 aromatic carbocycles. The van der Waals surface area contributed by atoms with Gasteiger partial charge in [0.25, 0.3) is 0 Å². The molecule has 0 radical (unpaired) electrons. The standard InChI is InChI=1S/C18H14N2O2S2.2Na/c21-15-13(19-11-7-3-1-4-8-11)17(23)16(22)14(18(15)24)20-12-9-5-2-6-10-12;;/h1-10,19-20,23-24H;;/q;2*+1/p-2. The molecule has 1 aliphatic carbocycles. The van der Waals surface area contributed by atoms with Gasteiger partial charge >= 0.3 is 59.1 Å². The van der Waals surface area contributed by atoms with Crippen LogP contribution in [0.25, 0.3) is 0 Å². The van der Waals surface area contributed by atoms with Crippen LogP contribution in [0, 0.1) is 0 Å². The molecular weight excluding hydrogens is 386 g/mol. The molecule has 0 heterocycles. The Kier molecular flexibility index (Phi) is 9.50. The largest absolute Gasteiger partial charge is 1.00 e. The molecule has 0 fully saturated rings. The van der Waals surface area contributed by atoms with Gasteiger partial charge in [-0.15, -0.1) is 0 Å². The predicted octanol–water partition coefficient (Wildman–Crippen LogP) is -3.11. The van der Waals surface area contributed by atoms with Crippen molar-refractivity contribution in [3.05, 3.63) is 81.9 Å². The first-order valence-corrected chi connectivity index (χ1v) is 7.95. The van der Waals surface area contributed by atoms with Crippen LogP contribution in [-0.2, 0) is 34.8 Å².